The van der Waals surface area contributed by atoms with Crippen molar-refractivity contribution in [1.82, 2.24) is 9.62 Å². The van der Waals surface area contributed by atoms with Crippen LogP contribution in [0.1, 0.15) is 17.2 Å². The van der Waals surface area contributed by atoms with E-state index in [9.17, 15) is 12.8 Å². The maximum absolute atomic E-state index is 13.3. The molecule has 6 heteroatoms. The summed E-state index contributed by atoms with van der Waals surface area (Å²) in [6.07, 6.45) is 0. The molecule has 0 aliphatic rings. The molecule has 23 heavy (non-hydrogen) atoms. The number of halogens is 1. The molecule has 4 nitrogen and oxygen atoms in total. The van der Waals surface area contributed by atoms with Gasteiger partial charge in [0.25, 0.3) is 0 Å². The first-order valence-corrected chi connectivity index (χ1v) is 8.77. The number of aryl methyl sites for hydroxylation is 1. The van der Waals surface area contributed by atoms with Crippen molar-refractivity contribution in [3.05, 3.63) is 65.5 Å². The predicted molar refractivity (Wildman–Crippen MR) is 89.2 cm³/mol. The molecule has 0 saturated carbocycles. The van der Waals surface area contributed by atoms with Gasteiger partial charge in [-0.2, -0.15) is 0 Å². The van der Waals surface area contributed by atoms with Crippen molar-refractivity contribution in [3.8, 4) is 0 Å². The molecule has 0 aliphatic heterocycles. The zero-order chi connectivity index (χ0) is 17.0. The van der Waals surface area contributed by atoms with Crippen LogP contribution in [0, 0.1) is 12.7 Å². The molecular weight excluding hydrogens is 315 g/mol. The first-order chi connectivity index (χ1) is 10.8. The number of benzene rings is 2. The largest absolute Gasteiger partial charge is 0.301 e. The van der Waals surface area contributed by atoms with Crippen LogP contribution < -0.4 is 4.72 Å². The molecule has 0 heterocycles. The smallest absolute Gasteiger partial charge is 0.240 e. The highest BCUT2D eigenvalue weighted by molar-refractivity contribution is 7.89. The molecule has 2 rings (SSSR count). The molecule has 0 spiro atoms. The molecule has 124 valence electrons. The second kappa shape index (κ2) is 7.21. The Labute approximate surface area is 137 Å². The molecule has 1 atom stereocenters. The molecule has 0 saturated heterocycles. The normalized spacial score (nSPS) is 13.3. The molecule has 0 aliphatic carbocycles. The van der Waals surface area contributed by atoms with E-state index >= 15 is 0 Å². The number of nitrogens with one attached hydrogen (secondary N) is 1. The molecule has 0 bridgehead atoms. The Balaban J connectivity index is 2.18. The van der Waals surface area contributed by atoms with E-state index in [-0.39, 0.29) is 17.5 Å². The summed E-state index contributed by atoms with van der Waals surface area (Å²) in [6, 6.07) is 13.4. The molecule has 0 aromatic heterocycles. The highest BCUT2D eigenvalue weighted by Crippen LogP contribution is 2.19. The monoisotopic (exact) mass is 336 g/mol. The lowest BCUT2D eigenvalue weighted by Crippen LogP contribution is -2.34. The fourth-order valence-corrected chi connectivity index (χ4v) is 3.45. The second-order valence-electron chi connectivity index (χ2n) is 5.65. The lowest BCUT2D eigenvalue weighted by atomic mass is 10.1. The van der Waals surface area contributed by atoms with E-state index in [0.717, 1.165) is 5.56 Å². The Hall–Kier alpha value is -1.76. The van der Waals surface area contributed by atoms with Crippen LogP contribution in [0.25, 0.3) is 0 Å². The van der Waals surface area contributed by atoms with Crippen LogP contribution in [0.5, 0.6) is 0 Å². The number of rotatable bonds is 6. The quantitative estimate of drug-likeness (QED) is 0.882. The van der Waals surface area contributed by atoms with Crippen molar-refractivity contribution in [1.29, 1.82) is 0 Å². The zero-order valence-electron chi connectivity index (χ0n) is 13.5. The van der Waals surface area contributed by atoms with Gasteiger partial charge in [-0.05, 0) is 50.3 Å². The molecule has 2 aromatic rings. The minimum atomic E-state index is -3.68. The first kappa shape index (κ1) is 17.6. The summed E-state index contributed by atoms with van der Waals surface area (Å²) in [5.41, 5.74) is 1.33. The fourth-order valence-electron chi connectivity index (χ4n) is 2.33. The average molecular weight is 336 g/mol. The maximum atomic E-state index is 13.3. The van der Waals surface area contributed by atoms with Crippen LogP contribution in [0.15, 0.2) is 53.4 Å². The fraction of sp³-hybridized carbons (Fsp3) is 0.294. The second-order valence-corrected chi connectivity index (χ2v) is 7.42. The van der Waals surface area contributed by atoms with Gasteiger partial charge >= 0.3 is 0 Å². The van der Waals surface area contributed by atoms with E-state index in [0.29, 0.717) is 5.56 Å². The first-order valence-electron chi connectivity index (χ1n) is 7.28. The third kappa shape index (κ3) is 4.37. The molecule has 0 amide bonds. The summed E-state index contributed by atoms with van der Waals surface area (Å²) in [7, 11) is 0.114. The lowest BCUT2D eigenvalue weighted by molar-refractivity contribution is 0.299. The van der Waals surface area contributed by atoms with Crippen LogP contribution in [0.2, 0.25) is 0 Å². The third-order valence-electron chi connectivity index (χ3n) is 3.71. The minimum Gasteiger partial charge on any atom is -0.301 e. The van der Waals surface area contributed by atoms with Gasteiger partial charge in [-0.1, -0.05) is 30.3 Å². The Morgan fingerprint density at radius 3 is 2.35 bits per heavy atom. The minimum absolute atomic E-state index is 0.0713. The van der Waals surface area contributed by atoms with Crippen molar-refractivity contribution in [2.45, 2.75) is 17.9 Å². The van der Waals surface area contributed by atoms with Gasteiger partial charge in [-0.3, -0.25) is 0 Å². The van der Waals surface area contributed by atoms with Crippen LogP contribution in [-0.2, 0) is 10.0 Å². The zero-order valence-corrected chi connectivity index (χ0v) is 14.3. The number of nitrogens with zero attached hydrogens (tertiary/aromatic N) is 1. The van der Waals surface area contributed by atoms with E-state index in [1.54, 1.807) is 6.92 Å². The molecule has 1 N–H and O–H groups in total. The summed E-state index contributed by atoms with van der Waals surface area (Å²) in [5.74, 6) is -0.417. The highest BCUT2D eigenvalue weighted by atomic mass is 32.2. The third-order valence-corrected chi connectivity index (χ3v) is 5.14. The number of hydrogen-bond acceptors (Lipinski definition) is 3. The van der Waals surface area contributed by atoms with Crippen LogP contribution in [0.4, 0.5) is 4.39 Å². The van der Waals surface area contributed by atoms with Gasteiger partial charge < -0.3 is 4.90 Å². The molecule has 0 fully saturated rings. The Bertz CT molecular complexity index is 761. The van der Waals surface area contributed by atoms with Crippen molar-refractivity contribution < 1.29 is 12.8 Å². The Morgan fingerprint density at radius 2 is 1.78 bits per heavy atom. The van der Waals surface area contributed by atoms with Gasteiger partial charge in [0, 0.05) is 12.6 Å². The molecular formula is C17H21FN2O2S. The molecule has 1 unspecified atom stereocenters. The predicted octanol–water partition coefficient (Wildman–Crippen LogP) is 2.72. The van der Waals surface area contributed by atoms with Gasteiger partial charge in [-0.15, -0.1) is 0 Å². The van der Waals surface area contributed by atoms with Gasteiger partial charge in [0.05, 0.1) is 4.90 Å². The Morgan fingerprint density at radius 1 is 1.13 bits per heavy atom. The summed E-state index contributed by atoms with van der Waals surface area (Å²) in [5, 5.41) is 0. The maximum Gasteiger partial charge on any atom is 0.240 e. The summed E-state index contributed by atoms with van der Waals surface area (Å²) < 4.78 is 40.7. The SMILES string of the molecule is Cc1cc(S(=O)(=O)NCC(c2ccccc2)N(C)C)ccc1F. The van der Waals surface area contributed by atoms with Gasteiger partial charge in [0.15, 0.2) is 0 Å². The molecule has 0 radical (unpaired) electrons. The van der Waals surface area contributed by atoms with Gasteiger partial charge in [0.2, 0.25) is 10.0 Å². The van der Waals surface area contributed by atoms with Crippen LogP contribution >= 0.6 is 0 Å². The summed E-state index contributed by atoms with van der Waals surface area (Å²) in [4.78, 5) is 2.02. The standard InChI is InChI=1S/C17H21FN2O2S/c1-13-11-15(9-10-16(13)18)23(21,22)19-12-17(20(2)3)14-7-5-4-6-8-14/h4-11,17,19H,12H2,1-3H3. The van der Waals surface area contributed by atoms with Crippen molar-refractivity contribution >= 4 is 10.0 Å². The van der Waals surface area contributed by atoms with Crippen LogP contribution in [0.3, 0.4) is 0 Å². The average Bonchev–Trinajstić information content (AvgIpc) is 2.50. The van der Waals surface area contributed by atoms with E-state index < -0.39 is 15.8 Å². The van der Waals surface area contributed by atoms with E-state index in [1.807, 2.05) is 49.3 Å². The number of likely N-dealkylation sites (N-methyl/N-ethyl adjacent to an activating group) is 1. The molecule has 2 aromatic carbocycles. The van der Waals surface area contributed by atoms with E-state index in [1.165, 1.54) is 18.2 Å². The van der Waals surface area contributed by atoms with E-state index in [4.69, 9.17) is 0 Å². The van der Waals surface area contributed by atoms with Crippen LogP contribution in [-0.4, -0.2) is 34.0 Å². The highest BCUT2D eigenvalue weighted by Gasteiger charge is 2.20. The van der Waals surface area contributed by atoms with Gasteiger partial charge in [-0.25, -0.2) is 17.5 Å². The van der Waals surface area contributed by atoms with Gasteiger partial charge in [0.1, 0.15) is 5.82 Å². The topological polar surface area (TPSA) is 49.4 Å². The Kier molecular flexibility index (Phi) is 5.51. The van der Waals surface area contributed by atoms with Crippen molar-refractivity contribution in [3.63, 3.8) is 0 Å². The number of sulfonamides is 1. The van der Waals surface area contributed by atoms with Crippen molar-refractivity contribution in [2.24, 2.45) is 0 Å². The summed E-state index contributed by atoms with van der Waals surface area (Å²) >= 11 is 0. The lowest BCUT2D eigenvalue weighted by Gasteiger charge is -2.25. The van der Waals surface area contributed by atoms with Crippen molar-refractivity contribution in [2.75, 3.05) is 20.6 Å². The van der Waals surface area contributed by atoms with E-state index in [2.05, 4.69) is 4.72 Å². The number of hydrogen-bond donors (Lipinski definition) is 1. The summed E-state index contributed by atoms with van der Waals surface area (Å²) in [6.45, 7) is 1.77.